The molecule has 0 radical (unpaired) electrons. The summed E-state index contributed by atoms with van der Waals surface area (Å²) in [6.45, 7) is 0.705. The van der Waals surface area contributed by atoms with Crippen LogP contribution < -0.4 is 39.3 Å². The Bertz CT molecular complexity index is 1010. The van der Waals surface area contributed by atoms with Crippen LogP contribution in [0, 0.1) is 0 Å². The Hall–Kier alpha value is -2.99. The molecule has 2 aromatic rings. The normalized spacial score (nSPS) is 11.4. The smallest absolute Gasteiger partial charge is 0.246 e. The molecular weight excluding hydrogens is 529 g/mol. The van der Waals surface area contributed by atoms with E-state index in [0.717, 1.165) is 10.8 Å². The van der Waals surface area contributed by atoms with E-state index in [2.05, 4.69) is 20.6 Å². The van der Waals surface area contributed by atoms with E-state index in [1.54, 1.807) is 0 Å². The summed E-state index contributed by atoms with van der Waals surface area (Å²) in [5, 5.41) is 7.66. The van der Waals surface area contributed by atoms with E-state index in [4.69, 9.17) is 28.7 Å². The second kappa shape index (κ2) is 18.3. The van der Waals surface area contributed by atoms with Crippen molar-refractivity contribution in [3.63, 3.8) is 0 Å². The highest BCUT2D eigenvalue weighted by Crippen LogP contribution is 2.19. The third-order valence-electron chi connectivity index (χ3n) is 4.90. The van der Waals surface area contributed by atoms with Crippen LogP contribution in [-0.4, -0.2) is 48.9 Å². The molecule has 202 valence electrons. The third-order valence-corrected chi connectivity index (χ3v) is 4.90. The number of carbonyl (C=O) groups is 2. The predicted octanol–water partition coefficient (Wildman–Crippen LogP) is 0.963. The van der Waals surface area contributed by atoms with Crippen LogP contribution in [0.3, 0.4) is 0 Å². The molecule has 0 spiro atoms. The average molecular weight is 565 g/mol. The van der Waals surface area contributed by atoms with Crippen LogP contribution in [0.25, 0.3) is 10.8 Å². The maximum Gasteiger partial charge on any atom is 0.246 e. The number of benzene rings is 2. The summed E-state index contributed by atoms with van der Waals surface area (Å²) in [7, 11) is 0. The fourth-order valence-electron chi connectivity index (χ4n) is 3.20. The zero-order chi connectivity index (χ0) is 24.2. The van der Waals surface area contributed by atoms with Gasteiger partial charge in [0.05, 0.1) is 6.04 Å². The molecule has 0 unspecified atom stereocenters. The molecule has 2 aromatic carbocycles. The number of guanidine groups is 2. The molecule has 2 rings (SSSR count). The van der Waals surface area contributed by atoms with E-state index in [1.807, 2.05) is 42.5 Å². The van der Waals surface area contributed by atoms with E-state index in [9.17, 15) is 9.59 Å². The molecule has 0 fully saturated rings. The first-order valence-corrected chi connectivity index (χ1v) is 10.7. The molecule has 0 aliphatic carbocycles. The minimum atomic E-state index is -0.804. The first kappa shape index (κ1) is 35.2. The van der Waals surface area contributed by atoms with Crippen LogP contribution in [0.15, 0.2) is 52.4 Å². The Morgan fingerprint density at radius 2 is 1.33 bits per heavy atom. The molecule has 0 aliphatic heterocycles. The van der Waals surface area contributed by atoms with Gasteiger partial charge in [0.25, 0.3) is 0 Å². The van der Waals surface area contributed by atoms with Gasteiger partial charge in [0.15, 0.2) is 11.9 Å². The number of nitrogens with zero attached hydrogens (tertiary/aromatic N) is 2. The molecule has 2 amide bonds. The monoisotopic (exact) mass is 563 g/mol. The van der Waals surface area contributed by atoms with E-state index in [-0.39, 0.29) is 55.0 Å². The standard InChI is InChI=1S/C22H33N9O2.3ClH/c23-17(7-3-11-28-21(24)25)19(32)31-18(8-4-12-29-22(26)27)20(33)30-16-10-9-14-5-1-2-6-15(14)13-16;;;/h1-2,5-6,9-10,13,17-18H,3-4,7-8,11-12,23H2,(H,30,33)(H,31,32)(H4,24,25,28)(H4,26,27,29);3*1H/t17-,18-;;;/m0.../s1. The van der Waals surface area contributed by atoms with Crippen molar-refractivity contribution in [3.05, 3.63) is 42.5 Å². The summed E-state index contributed by atoms with van der Waals surface area (Å²) in [5.41, 5.74) is 27.9. The predicted molar refractivity (Wildman–Crippen MR) is 154 cm³/mol. The van der Waals surface area contributed by atoms with Gasteiger partial charge in [-0.1, -0.05) is 30.3 Å². The molecule has 36 heavy (non-hydrogen) atoms. The highest BCUT2D eigenvalue weighted by atomic mass is 35.5. The van der Waals surface area contributed by atoms with Crippen LogP contribution in [0.2, 0.25) is 0 Å². The Morgan fingerprint density at radius 1 is 0.778 bits per heavy atom. The van der Waals surface area contributed by atoms with Crippen molar-refractivity contribution in [2.75, 3.05) is 18.4 Å². The van der Waals surface area contributed by atoms with Crippen molar-refractivity contribution in [3.8, 4) is 0 Å². The van der Waals surface area contributed by atoms with Gasteiger partial charge in [-0.2, -0.15) is 0 Å². The molecule has 0 bridgehead atoms. The lowest BCUT2D eigenvalue weighted by atomic mass is 10.1. The zero-order valence-electron chi connectivity index (χ0n) is 19.8. The Kier molecular flexibility index (Phi) is 17.9. The maximum absolute atomic E-state index is 13.0. The van der Waals surface area contributed by atoms with Gasteiger partial charge < -0.3 is 39.3 Å². The lowest BCUT2D eigenvalue weighted by molar-refractivity contribution is -0.127. The first-order chi connectivity index (χ1) is 15.8. The Labute approximate surface area is 229 Å². The molecule has 11 nitrogen and oxygen atoms in total. The molecule has 0 aliphatic rings. The number of nitrogens with one attached hydrogen (secondary N) is 2. The summed E-state index contributed by atoms with van der Waals surface area (Å²) in [6.07, 6.45) is 1.73. The largest absolute Gasteiger partial charge is 0.370 e. The second-order valence-corrected chi connectivity index (χ2v) is 7.62. The fraction of sp³-hybridized carbons (Fsp3) is 0.364. The number of anilines is 1. The Balaban J connectivity index is 0. The molecule has 14 heteroatoms. The number of halogens is 3. The molecule has 0 saturated heterocycles. The van der Waals surface area contributed by atoms with Gasteiger partial charge >= 0.3 is 0 Å². The number of hydrogen-bond donors (Lipinski definition) is 7. The van der Waals surface area contributed by atoms with Crippen LogP contribution in [0.5, 0.6) is 0 Å². The number of rotatable bonds is 12. The maximum atomic E-state index is 13.0. The molecule has 0 saturated carbocycles. The van der Waals surface area contributed by atoms with Crippen LogP contribution in [-0.2, 0) is 9.59 Å². The summed E-state index contributed by atoms with van der Waals surface area (Å²) >= 11 is 0. The van der Waals surface area contributed by atoms with E-state index >= 15 is 0 Å². The quantitative estimate of drug-likeness (QED) is 0.112. The third kappa shape index (κ3) is 12.6. The van der Waals surface area contributed by atoms with Gasteiger partial charge in [-0.25, -0.2) is 0 Å². The van der Waals surface area contributed by atoms with Crippen molar-refractivity contribution in [1.82, 2.24) is 5.32 Å². The molecule has 0 aromatic heterocycles. The van der Waals surface area contributed by atoms with Gasteiger partial charge in [-0.15, -0.1) is 37.2 Å². The van der Waals surface area contributed by atoms with Crippen molar-refractivity contribution in [1.29, 1.82) is 0 Å². The van der Waals surface area contributed by atoms with E-state index < -0.39 is 18.0 Å². The minimum Gasteiger partial charge on any atom is -0.370 e. The lowest BCUT2D eigenvalue weighted by Gasteiger charge is -2.20. The number of hydrogen-bond acceptors (Lipinski definition) is 5. The average Bonchev–Trinajstić information content (AvgIpc) is 2.78. The molecule has 0 heterocycles. The number of amides is 2. The summed E-state index contributed by atoms with van der Waals surface area (Å²) < 4.78 is 0. The van der Waals surface area contributed by atoms with Gasteiger partial charge in [0, 0.05) is 18.8 Å². The van der Waals surface area contributed by atoms with Gasteiger partial charge in [0.1, 0.15) is 6.04 Å². The summed E-state index contributed by atoms with van der Waals surface area (Å²) in [4.78, 5) is 33.3. The Morgan fingerprint density at radius 3 is 1.92 bits per heavy atom. The van der Waals surface area contributed by atoms with Crippen molar-refractivity contribution >= 4 is 77.4 Å². The highest BCUT2D eigenvalue weighted by Gasteiger charge is 2.23. The molecular formula is C22H36Cl3N9O2. The number of fused-ring (bicyclic) bond motifs is 1. The lowest BCUT2D eigenvalue weighted by Crippen LogP contribution is -2.50. The minimum absolute atomic E-state index is 0. The van der Waals surface area contributed by atoms with Crippen LogP contribution in [0.1, 0.15) is 25.7 Å². The van der Waals surface area contributed by atoms with Gasteiger partial charge in [-0.05, 0) is 48.6 Å². The topological polar surface area (TPSA) is 213 Å². The van der Waals surface area contributed by atoms with Crippen LogP contribution >= 0.6 is 37.2 Å². The summed E-state index contributed by atoms with van der Waals surface area (Å²) in [5.74, 6) is -0.825. The second-order valence-electron chi connectivity index (χ2n) is 7.62. The molecule has 12 N–H and O–H groups in total. The van der Waals surface area contributed by atoms with Crippen molar-refractivity contribution < 1.29 is 9.59 Å². The van der Waals surface area contributed by atoms with Gasteiger partial charge in [0.2, 0.25) is 11.8 Å². The zero-order valence-corrected chi connectivity index (χ0v) is 22.2. The fourth-order valence-corrected chi connectivity index (χ4v) is 3.20. The van der Waals surface area contributed by atoms with Gasteiger partial charge in [-0.3, -0.25) is 19.6 Å². The number of carbonyl (C=O) groups excluding carboxylic acids is 2. The van der Waals surface area contributed by atoms with Crippen LogP contribution in [0.4, 0.5) is 5.69 Å². The van der Waals surface area contributed by atoms with E-state index in [1.165, 1.54) is 0 Å². The van der Waals surface area contributed by atoms with Crippen molar-refractivity contribution in [2.45, 2.75) is 37.8 Å². The number of aliphatic imine (C=N–C) groups is 2. The van der Waals surface area contributed by atoms with E-state index in [0.29, 0.717) is 44.5 Å². The van der Waals surface area contributed by atoms with Crippen molar-refractivity contribution in [2.24, 2.45) is 38.7 Å². The highest BCUT2D eigenvalue weighted by molar-refractivity contribution is 5.99. The number of nitrogens with two attached hydrogens (primary N) is 5. The summed E-state index contributed by atoms with van der Waals surface area (Å²) in [6, 6.07) is 11.8. The first-order valence-electron chi connectivity index (χ1n) is 10.7. The SMILES string of the molecule is Cl.Cl.Cl.NC(N)=NCCC[C@H](NC(=O)[C@@H](N)CCCN=C(N)N)C(=O)Nc1ccc2ccccc2c1. The molecule has 2 atom stereocenters.